The highest BCUT2D eigenvalue weighted by Gasteiger charge is 2.34. The minimum atomic E-state index is 0.148. The smallest absolute Gasteiger partial charge is 0.231 e. The number of methoxy groups -OCH3 is 1. The van der Waals surface area contributed by atoms with Crippen molar-refractivity contribution in [3.05, 3.63) is 17.2 Å². The Bertz CT molecular complexity index is 410. The summed E-state index contributed by atoms with van der Waals surface area (Å²) in [4.78, 5) is 0. The van der Waals surface area contributed by atoms with Crippen LogP contribution in [-0.4, -0.2) is 20.5 Å². The van der Waals surface area contributed by atoms with Crippen LogP contribution >= 0.6 is 0 Å². The molecule has 2 aliphatic rings. The Morgan fingerprint density at radius 3 is 2.73 bits per heavy atom. The summed E-state index contributed by atoms with van der Waals surface area (Å²) in [7, 11) is 1.65. The van der Waals surface area contributed by atoms with Crippen molar-refractivity contribution in [2.45, 2.75) is 13.0 Å². The summed E-state index contributed by atoms with van der Waals surface area (Å²) in [6.45, 7) is 2.99. The van der Waals surface area contributed by atoms with E-state index in [9.17, 15) is 0 Å². The maximum absolute atomic E-state index is 5.45. The molecule has 2 heterocycles. The molecule has 15 heavy (non-hydrogen) atoms. The van der Waals surface area contributed by atoms with Gasteiger partial charge in [0.15, 0.2) is 11.5 Å². The molecule has 1 saturated heterocycles. The third-order valence-corrected chi connectivity index (χ3v) is 2.77. The Hall–Kier alpha value is -1.42. The molecule has 4 heteroatoms. The zero-order chi connectivity index (χ0) is 10.4. The molecule has 1 aromatic carbocycles. The van der Waals surface area contributed by atoms with Crippen molar-refractivity contribution in [3.63, 3.8) is 0 Å². The number of epoxide rings is 1. The highest BCUT2D eigenvalue weighted by molar-refractivity contribution is 5.60. The van der Waals surface area contributed by atoms with E-state index in [2.05, 4.69) is 0 Å². The Labute approximate surface area is 87.7 Å². The maximum atomic E-state index is 5.45. The van der Waals surface area contributed by atoms with Crippen LogP contribution in [0.4, 0.5) is 0 Å². The van der Waals surface area contributed by atoms with Gasteiger partial charge in [0.25, 0.3) is 0 Å². The van der Waals surface area contributed by atoms with Gasteiger partial charge in [0.2, 0.25) is 6.79 Å². The van der Waals surface area contributed by atoms with Gasteiger partial charge in [-0.1, -0.05) is 0 Å². The average Bonchev–Trinajstić information content (AvgIpc) is 2.96. The normalized spacial score (nSPS) is 21.6. The van der Waals surface area contributed by atoms with Crippen LogP contribution in [0.3, 0.4) is 0 Å². The van der Waals surface area contributed by atoms with Crippen LogP contribution in [0.2, 0.25) is 0 Å². The van der Waals surface area contributed by atoms with Crippen molar-refractivity contribution in [2.24, 2.45) is 0 Å². The first-order valence-corrected chi connectivity index (χ1v) is 4.90. The number of ether oxygens (including phenoxy) is 4. The number of fused-ring (bicyclic) bond motifs is 1. The first-order valence-electron chi connectivity index (χ1n) is 4.90. The maximum Gasteiger partial charge on any atom is 0.231 e. The second kappa shape index (κ2) is 3.03. The van der Waals surface area contributed by atoms with Gasteiger partial charge in [0.05, 0.1) is 13.7 Å². The molecule has 0 spiro atoms. The first kappa shape index (κ1) is 8.85. The van der Waals surface area contributed by atoms with Crippen LogP contribution in [0.5, 0.6) is 17.2 Å². The quantitative estimate of drug-likeness (QED) is 0.695. The van der Waals surface area contributed by atoms with Gasteiger partial charge in [0.1, 0.15) is 11.9 Å². The van der Waals surface area contributed by atoms with E-state index in [0.717, 1.165) is 35.0 Å². The molecular weight excluding hydrogens is 196 g/mol. The Morgan fingerprint density at radius 1 is 1.33 bits per heavy atom. The van der Waals surface area contributed by atoms with Crippen LogP contribution in [-0.2, 0) is 4.74 Å². The van der Waals surface area contributed by atoms with Crippen molar-refractivity contribution in [3.8, 4) is 17.2 Å². The zero-order valence-corrected chi connectivity index (χ0v) is 8.70. The van der Waals surface area contributed by atoms with Crippen LogP contribution in [0.1, 0.15) is 17.2 Å². The largest absolute Gasteiger partial charge is 0.496 e. The van der Waals surface area contributed by atoms with E-state index in [0.29, 0.717) is 0 Å². The summed E-state index contributed by atoms with van der Waals surface area (Å²) in [5.74, 6) is 2.43. The Morgan fingerprint density at radius 2 is 2.07 bits per heavy atom. The number of hydrogen-bond donors (Lipinski definition) is 0. The van der Waals surface area contributed by atoms with Gasteiger partial charge in [-0.2, -0.15) is 0 Å². The molecule has 1 aromatic rings. The lowest BCUT2D eigenvalue weighted by atomic mass is 10.1. The third kappa shape index (κ3) is 1.25. The molecule has 0 radical (unpaired) electrons. The van der Waals surface area contributed by atoms with Gasteiger partial charge in [-0.3, -0.25) is 0 Å². The van der Waals surface area contributed by atoms with E-state index in [-0.39, 0.29) is 12.9 Å². The standard InChI is InChI=1S/C11H12O4/c1-6-8(12-2)3-7(9-4-13-9)11-10(6)14-5-15-11/h3,9H,4-5H2,1-2H3/t9-/m1/s1. The molecule has 1 atom stereocenters. The first-order chi connectivity index (χ1) is 7.31. The van der Waals surface area contributed by atoms with Gasteiger partial charge < -0.3 is 18.9 Å². The van der Waals surface area contributed by atoms with Crippen LogP contribution in [0.15, 0.2) is 6.07 Å². The lowest BCUT2D eigenvalue weighted by molar-refractivity contribution is 0.172. The fraction of sp³-hybridized carbons (Fsp3) is 0.455. The van der Waals surface area contributed by atoms with Gasteiger partial charge in [-0.15, -0.1) is 0 Å². The van der Waals surface area contributed by atoms with E-state index >= 15 is 0 Å². The summed E-state index contributed by atoms with van der Waals surface area (Å²) in [5, 5.41) is 0. The summed E-state index contributed by atoms with van der Waals surface area (Å²) in [6.07, 6.45) is 0.148. The van der Waals surface area contributed by atoms with Crippen LogP contribution in [0, 0.1) is 6.92 Å². The zero-order valence-electron chi connectivity index (χ0n) is 8.70. The molecular formula is C11H12O4. The van der Waals surface area contributed by atoms with Crippen molar-refractivity contribution < 1.29 is 18.9 Å². The highest BCUT2D eigenvalue weighted by Crippen LogP contribution is 2.48. The fourth-order valence-corrected chi connectivity index (χ4v) is 1.88. The fourth-order valence-electron chi connectivity index (χ4n) is 1.88. The van der Waals surface area contributed by atoms with Crippen molar-refractivity contribution >= 4 is 0 Å². The molecule has 0 saturated carbocycles. The molecule has 0 aromatic heterocycles. The predicted octanol–water partition coefficient (Wildman–Crippen LogP) is 1.80. The van der Waals surface area contributed by atoms with E-state index < -0.39 is 0 Å². The SMILES string of the molecule is COc1cc([C@H]2CO2)c2c(c1C)OCO2. The lowest BCUT2D eigenvalue weighted by Gasteiger charge is -2.10. The van der Waals surface area contributed by atoms with Gasteiger partial charge in [-0.05, 0) is 13.0 Å². The molecule has 0 unspecified atom stereocenters. The lowest BCUT2D eigenvalue weighted by Crippen LogP contribution is -1.94. The molecule has 1 fully saturated rings. The average molecular weight is 208 g/mol. The summed E-state index contributed by atoms with van der Waals surface area (Å²) in [6, 6.07) is 1.97. The van der Waals surface area contributed by atoms with E-state index in [1.807, 2.05) is 13.0 Å². The van der Waals surface area contributed by atoms with Gasteiger partial charge in [0, 0.05) is 11.1 Å². The van der Waals surface area contributed by atoms with E-state index in [1.54, 1.807) is 7.11 Å². The predicted molar refractivity (Wildman–Crippen MR) is 52.5 cm³/mol. The minimum absolute atomic E-state index is 0.148. The molecule has 80 valence electrons. The van der Waals surface area contributed by atoms with E-state index in [4.69, 9.17) is 18.9 Å². The second-order valence-corrected chi connectivity index (χ2v) is 3.68. The number of hydrogen-bond acceptors (Lipinski definition) is 4. The molecule has 3 rings (SSSR count). The highest BCUT2D eigenvalue weighted by atomic mass is 16.7. The molecule has 4 nitrogen and oxygen atoms in total. The minimum Gasteiger partial charge on any atom is -0.496 e. The van der Waals surface area contributed by atoms with Crippen LogP contribution in [0.25, 0.3) is 0 Å². The molecule has 2 aliphatic heterocycles. The van der Waals surface area contributed by atoms with Crippen molar-refractivity contribution in [1.29, 1.82) is 0 Å². The van der Waals surface area contributed by atoms with Crippen molar-refractivity contribution in [1.82, 2.24) is 0 Å². The van der Waals surface area contributed by atoms with Crippen LogP contribution < -0.4 is 14.2 Å². The molecule has 0 N–H and O–H groups in total. The Balaban J connectivity index is 2.18. The second-order valence-electron chi connectivity index (χ2n) is 3.68. The molecule has 0 bridgehead atoms. The van der Waals surface area contributed by atoms with Crippen molar-refractivity contribution in [2.75, 3.05) is 20.5 Å². The van der Waals surface area contributed by atoms with Gasteiger partial charge in [-0.25, -0.2) is 0 Å². The number of rotatable bonds is 2. The number of benzene rings is 1. The monoisotopic (exact) mass is 208 g/mol. The molecule has 0 amide bonds. The topological polar surface area (TPSA) is 40.2 Å². The molecule has 0 aliphatic carbocycles. The third-order valence-electron chi connectivity index (χ3n) is 2.77. The van der Waals surface area contributed by atoms with E-state index in [1.165, 1.54) is 0 Å². The summed E-state index contributed by atoms with van der Waals surface area (Å²) >= 11 is 0. The van der Waals surface area contributed by atoms with Gasteiger partial charge >= 0.3 is 0 Å². The summed E-state index contributed by atoms with van der Waals surface area (Å²) < 4.78 is 21.5. The Kier molecular flexibility index (Phi) is 1.79. The summed E-state index contributed by atoms with van der Waals surface area (Å²) in [5.41, 5.74) is 2.01.